The van der Waals surface area contributed by atoms with Crippen molar-refractivity contribution in [1.82, 2.24) is 19.9 Å². The van der Waals surface area contributed by atoms with E-state index in [9.17, 15) is 19.4 Å². The number of likely N-dealkylation sites (tertiary alicyclic amines) is 1. The standard InChI is InChI=1S/C30H42FN5O7/c1-17-6-7-19(12-21(17)31)23-15-36(34-32-23)26-27(38)25(16-37)41-24(28(26)40-5)14-20-13-22(33-43-20)18-8-10-35(11-9-18)29(39)42-30(2,3)4/h6-7,12,15,18,20,24-28,37-38H,8-11,13-14,16H2,1-5H3/t20?,24-,25-,26+,27+,28+/m1/s1. The lowest BCUT2D eigenvalue weighted by Crippen LogP contribution is -2.57. The first kappa shape index (κ1) is 31.3. The monoisotopic (exact) mass is 603 g/mol. The Morgan fingerprint density at radius 3 is 2.60 bits per heavy atom. The molecule has 236 valence electrons. The van der Waals surface area contributed by atoms with Gasteiger partial charge in [-0.2, -0.15) is 0 Å². The highest BCUT2D eigenvalue weighted by molar-refractivity contribution is 5.88. The Kier molecular flexibility index (Phi) is 9.35. The molecule has 1 aromatic carbocycles. The largest absolute Gasteiger partial charge is 0.444 e. The van der Waals surface area contributed by atoms with E-state index in [2.05, 4.69) is 15.5 Å². The van der Waals surface area contributed by atoms with Gasteiger partial charge in [0.1, 0.15) is 47.6 Å². The van der Waals surface area contributed by atoms with Crippen LogP contribution in [0.4, 0.5) is 9.18 Å². The summed E-state index contributed by atoms with van der Waals surface area (Å²) in [6, 6.07) is 4.10. The molecule has 0 radical (unpaired) electrons. The summed E-state index contributed by atoms with van der Waals surface area (Å²) in [6.45, 7) is 8.03. The number of aromatic nitrogens is 3. The number of aliphatic hydroxyl groups excluding tert-OH is 2. The van der Waals surface area contributed by atoms with Gasteiger partial charge in [0.2, 0.25) is 0 Å². The smallest absolute Gasteiger partial charge is 0.410 e. The minimum absolute atomic E-state index is 0.203. The number of carbonyl (C=O) groups excluding carboxylic acids is 1. The number of carbonyl (C=O) groups is 1. The fourth-order valence-corrected chi connectivity index (χ4v) is 6.06. The SMILES string of the molecule is CO[C@@H]1[C@@H](n2cc(-c3ccc(C)c(F)c3)nn2)[C@@H](O)[C@@H](CO)O[C@@H]1CC1CC(C2CCN(C(=O)OC(C)(C)C)CC2)=NO1. The van der Waals surface area contributed by atoms with E-state index in [0.29, 0.717) is 42.8 Å². The molecule has 1 unspecified atom stereocenters. The Labute approximate surface area is 250 Å². The van der Waals surface area contributed by atoms with Crippen molar-refractivity contribution in [3.05, 3.63) is 35.8 Å². The molecule has 0 bridgehead atoms. The van der Waals surface area contributed by atoms with Crippen LogP contribution in [0.2, 0.25) is 0 Å². The van der Waals surface area contributed by atoms with Gasteiger partial charge in [0, 0.05) is 44.5 Å². The number of benzene rings is 1. The van der Waals surface area contributed by atoms with Crippen molar-refractivity contribution in [1.29, 1.82) is 0 Å². The summed E-state index contributed by atoms with van der Waals surface area (Å²) in [4.78, 5) is 20.0. The van der Waals surface area contributed by atoms with E-state index in [4.69, 9.17) is 19.0 Å². The van der Waals surface area contributed by atoms with Crippen LogP contribution in [-0.2, 0) is 19.0 Å². The molecule has 2 aromatic rings. The fourth-order valence-electron chi connectivity index (χ4n) is 6.06. The van der Waals surface area contributed by atoms with Crippen LogP contribution >= 0.6 is 0 Å². The number of piperidine rings is 1. The number of ether oxygens (including phenoxy) is 3. The van der Waals surface area contributed by atoms with E-state index in [0.717, 1.165) is 18.6 Å². The molecular formula is C30H42FN5O7. The normalized spacial score (nSPS) is 28.5. The second-order valence-corrected chi connectivity index (χ2v) is 12.6. The molecule has 43 heavy (non-hydrogen) atoms. The van der Waals surface area contributed by atoms with E-state index < -0.39 is 42.7 Å². The molecule has 2 N–H and O–H groups in total. The first-order chi connectivity index (χ1) is 20.5. The van der Waals surface area contributed by atoms with E-state index in [1.54, 1.807) is 30.2 Å². The molecule has 2 fully saturated rings. The lowest BCUT2D eigenvalue weighted by molar-refractivity contribution is -0.219. The molecule has 0 aliphatic carbocycles. The third-order valence-electron chi connectivity index (χ3n) is 8.39. The number of aliphatic hydroxyl groups is 2. The van der Waals surface area contributed by atoms with Gasteiger partial charge in [-0.05, 0) is 52.2 Å². The van der Waals surface area contributed by atoms with E-state index in [-0.39, 0.29) is 23.9 Å². The first-order valence-electron chi connectivity index (χ1n) is 14.8. The molecule has 1 amide bonds. The molecule has 1 aromatic heterocycles. The van der Waals surface area contributed by atoms with Gasteiger partial charge in [-0.15, -0.1) is 5.10 Å². The maximum absolute atomic E-state index is 14.2. The highest BCUT2D eigenvalue weighted by atomic mass is 19.1. The van der Waals surface area contributed by atoms with E-state index in [1.807, 2.05) is 20.8 Å². The number of rotatable bonds is 7. The number of halogens is 1. The predicted octanol–water partition coefficient (Wildman–Crippen LogP) is 3.25. The number of oxime groups is 1. The molecule has 5 rings (SSSR count). The molecule has 12 nitrogen and oxygen atoms in total. The quantitative estimate of drug-likeness (QED) is 0.488. The fraction of sp³-hybridized carbons (Fsp3) is 0.667. The Balaban J connectivity index is 1.23. The summed E-state index contributed by atoms with van der Waals surface area (Å²) in [5, 5.41) is 34.0. The number of hydrogen-bond donors (Lipinski definition) is 2. The van der Waals surface area contributed by atoms with Crippen molar-refractivity contribution in [3.8, 4) is 11.3 Å². The minimum atomic E-state index is -1.14. The summed E-state index contributed by atoms with van der Waals surface area (Å²) in [5.74, 6) is -0.144. The third kappa shape index (κ3) is 7.00. The number of hydrogen-bond acceptors (Lipinski definition) is 10. The van der Waals surface area contributed by atoms with Gasteiger partial charge in [-0.25, -0.2) is 13.9 Å². The Morgan fingerprint density at radius 1 is 1.21 bits per heavy atom. The van der Waals surface area contributed by atoms with Gasteiger partial charge in [-0.3, -0.25) is 0 Å². The van der Waals surface area contributed by atoms with Gasteiger partial charge in [0.25, 0.3) is 0 Å². The zero-order valence-electron chi connectivity index (χ0n) is 25.4. The zero-order chi connectivity index (χ0) is 30.9. The van der Waals surface area contributed by atoms with Gasteiger partial charge in [-0.1, -0.05) is 22.5 Å². The van der Waals surface area contributed by atoms with Crippen molar-refractivity contribution < 1.29 is 38.4 Å². The van der Waals surface area contributed by atoms with Crippen LogP contribution in [0.25, 0.3) is 11.3 Å². The van der Waals surface area contributed by atoms with Crippen molar-refractivity contribution in [2.75, 3.05) is 26.8 Å². The van der Waals surface area contributed by atoms with Crippen molar-refractivity contribution in [2.45, 2.75) is 95.5 Å². The van der Waals surface area contributed by atoms with Gasteiger partial charge in [0.05, 0.1) is 24.6 Å². The van der Waals surface area contributed by atoms with Gasteiger partial charge in [0.15, 0.2) is 0 Å². The maximum atomic E-state index is 14.2. The highest BCUT2D eigenvalue weighted by Gasteiger charge is 2.48. The first-order valence-corrected chi connectivity index (χ1v) is 14.8. The summed E-state index contributed by atoms with van der Waals surface area (Å²) in [5.41, 5.74) is 1.95. The summed E-state index contributed by atoms with van der Waals surface area (Å²) in [6.07, 6.45) is 0.408. The Bertz CT molecular complexity index is 1310. The molecule has 13 heteroatoms. The maximum Gasteiger partial charge on any atom is 0.410 e. The van der Waals surface area contributed by atoms with Crippen LogP contribution in [0, 0.1) is 18.7 Å². The molecule has 4 heterocycles. The predicted molar refractivity (Wildman–Crippen MR) is 154 cm³/mol. The average Bonchev–Trinajstić information content (AvgIpc) is 3.64. The lowest BCUT2D eigenvalue weighted by Gasteiger charge is -2.44. The highest BCUT2D eigenvalue weighted by Crippen LogP contribution is 2.36. The van der Waals surface area contributed by atoms with Crippen molar-refractivity contribution in [3.63, 3.8) is 0 Å². The molecular weight excluding hydrogens is 561 g/mol. The number of methoxy groups -OCH3 is 1. The second-order valence-electron chi connectivity index (χ2n) is 12.6. The van der Waals surface area contributed by atoms with Crippen LogP contribution in [0.1, 0.15) is 58.1 Å². The van der Waals surface area contributed by atoms with Gasteiger partial charge >= 0.3 is 6.09 Å². The molecule has 3 aliphatic rings. The number of aryl methyl sites for hydroxylation is 1. The summed E-state index contributed by atoms with van der Waals surface area (Å²) < 4.78 is 33.2. The number of nitrogens with zero attached hydrogens (tertiary/aromatic N) is 5. The molecule has 6 atom stereocenters. The lowest BCUT2D eigenvalue weighted by atomic mass is 9.86. The molecule has 0 saturated carbocycles. The second kappa shape index (κ2) is 12.8. The van der Waals surface area contributed by atoms with Crippen LogP contribution in [0.3, 0.4) is 0 Å². The van der Waals surface area contributed by atoms with Crippen LogP contribution in [0.15, 0.2) is 29.6 Å². The number of amides is 1. The minimum Gasteiger partial charge on any atom is -0.444 e. The zero-order valence-corrected chi connectivity index (χ0v) is 25.4. The van der Waals surface area contributed by atoms with Crippen molar-refractivity contribution in [2.24, 2.45) is 11.1 Å². The Morgan fingerprint density at radius 2 is 1.95 bits per heavy atom. The van der Waals surface area contributed by atoms with Crippen LogP contribution in [0.5, 0.6) is 0 Å². The topological polar surface area (TPSA) is 141 Å². The summed E-state index contributed by atoms with van der Waals surface area (Å²) in [7, 11) is 1.53. The molecule has 0 spiro atoms. The van der Waals surface area contributed by atoms with Crippen molar-refractivity contribution >= 4 is 11.8 Å². The summed E-state index contributed by atoms with van der Waals surface area (Å²) >= 11 is 0. The third-order valence-corrected chi connectivity index (χ3v) is 8.39. The molecule has 3 aliphatic heterocycles. The molecule has 2 saturated heterocycles. The average molecular weight is 604 g/mol. The van der Waals surface area contributed by atoms with Crippen LogP contribution in [-0.4, -0.2) is 105 Å². The van der Waals surface area contributed by atoms with E-state index in [1.165, 1.54) is 17.9 Å². The Hall–Kier alpha value is -3.13. The van der Waals surface area contributed by atoms with Gasteiger partial charge < -0.3 is 34.2 Å². The van der Waals surface area contributed by atoms with E-state index >= 15 is 0 Å². The van der Waals surface area contributed by atoms with Crippen LogP contribution < -0.4 is 0 Å².